The van der Waals surface area contributed by atoms with Crippen LogP contribution in [-0.2, 0) is 6.42 Å². The molecular weight excluding hydrogens is 396 g/mol. The van der Waals surface area contributed by atoms with Gasteiger partial charge >= 0.3 is 0 Å². The van der Waals surface area contributed by atoms with Crippen LogP contribution >= 0.6 is 0 Å². The lowest BCUT2D eigenvalue weighted by atomic mass is 9.83. The van der Waals surface area contributed by atoms with Gasteiger partial charge in [0.25, 0.3) is 0 Å². The largest absolute Gasteiger partial charge is 0.508 e. The minimum atomic E-state index is -0.788. The second-order valence-corrected chi connectivity index (χ2v) is 9.25. The molecule has 0 saturated heterocycles. The monoisotopic (exact) mass is 424 g/mol. The van der Waals surface area contributed by atoms with Crippen LogP contribution in [0.2, 0.25) is 0 Å². The molecule has 31 heavy (non-hydrogen) atoms. The normalized spacial score (nSPS) is 27.5. The van der Waals surface area contributed by atoms with E-state index < -0.39 is 11.7 Å². The fraction of sp³-hybridized carbons (Fsp3) is 0.440. The number of aliphatic hydroxyl groups is 1. The molecule has 3 N–H and O–H groups in total. The van der Waals surface area contributed by atoms with Crippen molar-refractivity contribution in [2.75, 3.05) is 6.61 Å². The number of phenols is 2. The van der Waals surface area contributed by atoms with Gasteiger partial charge in [-0.2, -0.15) is 0 Å². The summed E-state index contributed by atoms with van der Waals surface area (Å²) in [5, 5.41) is 31.6. The number of aliphatic hydroxyl groups excluding tert-OH is 1. The number of hydrogen-bond donors (Lipinski definition) is 3. The molecule has 0 aromatic heterocycles. The van der Waals surface area contributed by atoms with Crippen molar-refractivity contribution in [2.24, 2.45) is 0 Å². The Kier molecular flexibility index (Phi) is 4.59. The minimum Gasteiger partial charge on any atom is -0.508 e. The summed E-state index contributed by atoms with van der Waals surface area (Å²) >= 11 is 0. The average Bonchev–Trinajstić information content (AvgIpc) is 3.08. The maximum atomic E-state index is 11.0. The van der Waals surface area contributed by atoms with E-state index in [9.17, 15) is 15.3 Å². The summed E-state index contributed by atoms with van der Waals surface area (Å²) in [5.41, 5.74) is 2.87. The number of ether oxygens (including phenoxy) is 3. The number of allylic oxidation sites excluding steroid dienone is 2. The van der Waals surface area contributed by atoms with E-state index in [2.05, 4.69) is 6.08 Å². The minimum absolute atomic E-state index is 0.0647. The molecular formula is C25H28O6. The maximum Gasteiger partial charge on any atom is 0.168 e. The van der Waals surface area contributed by atoms with Gasteiger partial charge in [0.15, 0.2) is 11.5 Å². The van der Waals surface area contributed by atoms with Crippen molar-refractivity contribution in [2.45, 2.75) is 63.8 Å². The molecule has 0 saturated carbocycles. The van der Waals surface area contributed by atoms with Gasteiger partial charge in [-0.3, -0.25) is 0 Å². The van der Waals surface area contributed by atoms with Crippen LogP contribution in [0.4, 0.5) is 0 Å². The molecule has 0 fully saturated rings. The number of phenolic OH excluding ortho intramolecular Hbond substituents is 2. The molecule has 5 rings (SSSR count). The summed E-state index contributed by atoms with van der Waals surface area (Å²) in [5.74, 6) is 1.80. The van der Waals surface area contributed by atoms with Crippen LogP contribution < -0.4 is 14.2 Å². The van der Waals surface area contributed by atoms with E-state index in [1.807, 2.05) is 26.8 Å². The van der Waals surface area contributed by atoms with E-state index in [1.54, 1.807) is 18.2 Å². The van der Waals surface area contributed by atoms with E-state index in [0.717, 1.165) is 17.5 Å². The molecule has 0 amide bonds. The highest BCUT2D eigenvalue weighted by Crippen LogP contribution is 2.57. The van der Waals surface area contributed by atoms with Crippen LogP contribution in [0, 0.1) is 0 Å². The first-order valence-electron chi connectivity index (χ1n) is 10.8. The summed E-state index contributed by atoms with van der Waals surface area (Å²) in [6, 6.07) is 6.73. The summed E-state index contributed by atoms with van der Waals surface area (Å²) in [4.78, 5) is 0. The standard InChI is InChI=1S/C25H28O6/c1-13(2)5-4-8-25(3)21(28)11-17-23-16(10-19(27)24(17)31-25)18-12-29-20-9-14(26)6-7-15(20)22(18)30-23/h5-7,9-10,18,21-22,26-28H,4,8,11-12H2,1-3H3/t18-,21+,22-,25+/m0/s1. The molecule has 6 heteroatoms. The van der Waals surface area contributed by atoms with E-state index in [0.29, 0.717) is 42.3 Å². The second-order valence-electron chi connectivity index (χ2n) is 9.25. The first kappa shape index (κ1) is 20.1. The smallest absolute Gasteiger partial charge is 0.168 e. The van der Waals surface area contributed by atoms with Gasteiger partial charge < -0.3 is 29.5 Å². The highest BCUT2D eigenvalue weighted by Gasteiger charge is 2.47. The zero-order chi connectivity index (χ0) is 21.9. The number of aromatic hydroxyl groups is 2. The molecule has 3 aliphatic rings. The van der Waals surface area contributed by atoms with Crippen LogP contribution in [0.15, 0.2) is 35.9 Å². The lowest BCUT2D eigenvalue weighted by Crippen LogP contribution is -2.49. The molecule has 0 radical (unpaired) electrons. The third-order valence-corrected chi connectivity index (χ3v) is 6.70. The van der Waals surface area contributed by atoms with E-state index >= 15 is 0 Å². The van der Waals surface area contributed by atoms with E-state index in [1.165, 1.54) is 5.57 Å². The molecule has 0 spiro atoms. The molecule has 3 heterocycles. The number of rotatable bonds is 3. The first-order valence-corrected chi connectivity index (χ1v) is 10.8. The number of benzene rings is 2. The molecule has 6 nitrogen and oxygen atoms in total. The van der Waals surface area contributed by atoms with Gasteiger partial charge in [0.1, 0.15) is 29.0 Å². The third-order valence-electron chi connectivity index (χ3n) is 6.70. The average molecular weight is 424 g/mol. The molecule has 2 aromatic carbocycles. The molecule has 0 aliphatic carbocycles. The van der Waals surface area contributed by atoms with Gasteiger partial charge in [0, 0.05) is 29.2 Å². The molecule has 3 aliphatic heterocycles. The fourth-order valence-electron chi connectivity index (χ4n) is 4.89. The van der Waals surface area contributed by atoms with E-state index in [4.69, 9.17) is 14.2 Å². The maximum absolute atomic E-state index is 11.0. The topological polar surface area (TPSA) is 88.4 Å². The van der Waals surface area contributed by atoms with Gasteiger partial charge in [0.2, 0.25) is 0 Å². The molecule has 164 valence electrons. The van der Waals surface area contributed by atoms with Crippen molar-refractivity contribution in [1.82, 2.24) is 0 Å². The van der Waals surface area contributed by atoms with Crippen LogP contribution in [0.5, 0.6) is 28.7 Å². The molecule has 2 aromatic rings. The zero-order valence-electron chi connectivity index (χ0n) is 18.0. The van der Waals surface area contributed by atoms with E-state index in [-0.39, 0.29) is 23.5 Å². The quantitative estimate of drug-likeness (QED) is 0.629. The summed E-state index contributed by atoms with van der Waals surface area (Å²) in [6.45, 7) is 6.37. The van der Waals surface area contributed by atoms with Crippen LogP contribution in [0.3, 0.4) is 0 Å². The van der Waals surface area contributed by atoms with Crippen molar-refractivity contribution in [1.29, 1.82) is 0 Å². The number of fused-ring (bicyclic) bond motifs is 7. The lowest BCUT2D eigenvalue weighted by molar-refractivity contribution is -0.0606. The van der Waals surface area contributed by atoms with Crippen molar-refractivity contribution >= 4 is 0 Å². The summed E-state index contributed by atoms with van der Waals surface area (Å²) in [7, 11) is 0. The Hall–Kier alpha value is -2.86. The Morgan fingerprint density at radius 1 is 1.16 bits per heavy atom. The predicted molar refractivity (Wildman–Crippen MR) is 115 cm³/mol. The third kappa shape index (κ3) is 3.21. The Balaban J connectivity index is 1.50. The lowest BCUT2D eigenvalue weighted by Gasteiger charge is -2.40. The van der Waals surface area contributed by atoms with Crippen LogP contribution in [-0.4, -0.2) is 33.6 Å². The van der Waals surface area contributed by atoms with Gasteiger partial charge in [-0.15, -0.1) is 0 Å². The fourth-order valence-corrected chi connectivity index (χ4v) is 4.89. The van der Waals surface area contributed by atoms with Gasteiger partial charge in [-0.1, -0.05) is 11.6 Å². The van der Waals surface area contributed by atoms with Crippen molar-refractivity contribution in [3.63, 3.8) is 0 Å². The zero-order valence-corrected chi connectivity index (χ0v) is 18.0. The summed E-state index contributed by atoms with van der Waals surface area (Å²) in [6.07, 6.45) is 2.92. The highest BCUT2D eigenvalue weighted by molar-refractivity contribution is 5.63. The van der Waals surface area contributed by atoms with Gasteiger partial charge in [-0.05, 0) is 51.8 Å². The molecule has 0 unspecified atom stereocenters. The van der Waals surface area contributed by atoms with Crippen LogP contribution in [0.1, 0.15) is 62.3 Å². The first-order chi connectivity index (χ1) is 14.8. The Bertz CT molecular complexity index is 1070. The van der Waals surface area contributed by atoms with Crippen molar-refractivity contribution in [3.8, 4) is 28.7 Å². The Morgan fingerprint density at radius 3 is 2.74 bits per heavy atom. The second kappa shape index (κ2) is 7.09. The van der Waals surface area contributed by atoms with Gasteiger partial charge in [-0.25, -0.2) is 0 Å². The summed E-state index contributed by atoms with van der Waals surface area (Å²) < 4.78 is 18.5. The van der Waals surface area contributed by atoms with Crippen molar-refractivity contribution < 1.29 is 29.5 Å². The predicted octanol–water partition coefficient (Wildman–Crippen LogP) is 4.51. The number of hydrogen-bond acceptors (Lipinski definition) is 6. The Labute approximate surface area is 181 Å². The Morgan fingerprint density at radius 2 is 1.97 bits per heavy atom. The van der Waals surface area contributed by atoms with Crippen molar-refractivity contribution in [3.05, 3.63) is 52.6 Å². The highest BCUT2D eigenvalue weighted by atomic mass is 16.5. The SMILES string of the molecule is CC(C)=CCC[C@@]1(C)Oc2c(O)cc3c(c2C[C@H]1O)O[C@H]1c2ccc(O)cc2OC[C@@H]31. The van der Waals surface area contributed by atoms with Gasteiger partial charge in [0.05, 0.1) is 18.6 Å². The molecule has 4 atom stereocenters. The molecule has 0 bridgehead atoms. The van der Waals surface area contributed by atoms with Crippen LogP contribution in [0.25, 0.3) is 0 Å².